The van der Waals surface area contributed by atoms with E-state index in [0.717, 1.165) is 5.56 Å². The topological polar surface area (TPSA) is 49.4 Å². The second kappa shape index (κ2) is 7.34. The van der Waals surface area contributed by atoms with Crippen molar-refractivity contribution >= 4 is 35.0 Å². The zero-order valence-corrected chi connectivity index (χ0v) is 14.2. The molecule has 1 atom stereocenters. The van der Waals surface area contributed by atoms with Gasteiger partial charge >= 0.3 is 0 Å². The fraction of sp³-hybridized carbons (Fsp3) is 0.500. The van der Waals surface area contributed by atoms with E-state index in [1.54, 1.807) is 12.1 Å². The van der Waals surface area contributed by atoms with Crippen molar-refractivity contribution in [3.05, 3.63) is 33.8 Å². The van der Waals surface area contributed by atoms with E-state index in [1.165, 1.54) is 0 Å². The minimum absolute atomic E-state index is 0.0182. The van der Waals surface area contributed by atoms with Crippen LogP contribution in [0, 0.1) is 5.92 Å². The van der Waals surface area contributed by atoms with Crippen molar-refractivity contribution in [1.82, 2.24) is 10.2 Å². The molecular formula is C16H20Cl2N2O2. The lowest BCUT2D eigenvalue weighted by Gasteiger charge is -2.32. The molecule has 4 nitrogen and oxygen atoms in total. The Labute approximate surface area is 140 Å². The van der Waals surface area contributed by atoms with E-state index in [4.69, 9.17) is 23.2 Å². The van der Waals surface area contributed by atoms with Crippen molar-refractivity contribution in [2.75, 3.05) is 6.54 Å². The van der Waals surface area contributed by atoms with Crippen molar-refractivity contribution in [1.29, 1.82) is 0 Å². The molecule has 1 N–H and O–H groups in total. The summed E-state index contributed by atoms with van der Waals surface area (Å²) in [7, 11) is 0. The third-order valence-corrected chi connectivity index (χ3v) is 4.60. The van der Waals surface area contributed by atoms with Gasteiger partial charge in [-0.2, -0.15) is 0 Å². The molecule has 0 aliphatic carbocycles. The molecule has 1 aromatic carbocycles. The molecule has 1 heterocycles. The predicted molar refractivity (Wildman–Crippen MR) is 87.9 cm³/mol. The molecule has 0 unspecified atom stereocenters. The second-order valence-corrected chi connectivity index (χ2v) is 6.66. The van der Waals surface area contributed by atoms with Gasteiger partial charge < -0.3 is 10.2 Å². The Bertz CT molecular complexity index is 565. The van der Waals surface area contributed by atoms with Crippen LogP contribution < -0.4 is 5.32 Å². The molecule has 1 fully saturated rings. The van der Waals surface area contributed by atoms with Crippen LogP contribution in [0.1, 0.15) is 32.3 Å². The van der Waals surface area contributed by atoms with Crippen LogP contribution in [0.25, 0.3) is 0 Å². The average molecular weight is 343 g/mol. The largest absolute Gasteiger partial charge is 0.355 e. The van der Waals surface area contributed by atoms with E-state index < -0.39 is 0 Å². The summed E-state index contributed by atoms with van der Waals surface area (Å²) in [6.45, 7) is 4.87. The molecule has 0 aromatic heterocycles. The number of amides is 2. The maximum Gasteiger partial charge on any atom is 0.228 e. The van der Waals surface area contributed by atoms with Gasteiger partial charge in [0.25, 0.3) is 0 Å². The third-order valence-electron chi connectivity index (χ3n) is 3.86. The van der Waals surface area contributed by atoms with E-state index in [9.17, 15) is 9.59 Å². The van der Waals surface area contributed by atoms with Gasteiger partial charge in [-0.05, 0) is 38.0 Å². The molecule has 1 aromatic rings. The maximum absolute atomic E-state index is 12.7. The number of nitrogens with zero attached hydrogens (tertiary/aromatic N) is 1. The normalized spacial score (nSPS) is 18.2. The van der Waals surface area contributed by atoms with Gasteiger partial charge in [-0.15, -0.1) is 0 Å². The molecule has 2 amide bonds. The number of benzene rings is 1. The molecule has 22 heavy (non-hydrogen) atoms. The number of piperidine rings is 1. The first-order valence-electron chi connectivity index (χ1n) is 7.39. The Hall–Kier alpha value is -1.26. The van der Waals surface area contributed by atoms with Crippen LogP contribution in [-0.4, -0.2) is 29.3 Å². The molecule has 0 saturated carbocycles. The number of carbonyl (C=O) groups excluding carboxylic acids is 2. The molecule has 120 valence electrons. The lowest BCUT2D eigenvalue weighted by Crippen LogP contribution is -2.46. The Morgan fingerprint density at radius 3 is 2.64 bits per heavy atom. The highest BCUT2D eigenvalue weighted by atomic mass is 35.5. The zero-order valence-electron chi connectivity index (χ0n) is 12.7. The standard InChI is InChI=1S/C16H20Cl2N2O2/c1-10(2)20(9-11-3-5-13(17)14(18)7-11)16(22)12-4-6-15(21)19-8-12/h3,5,7,10,12H,4,6,8-9H2,1-2H3,(H,19,21)/t12-/m0/s1. The minimum Gasteiger partial charge on any atom is -0.355 e. The van der Waals surface area contributed by atoms with Crippen LogP contribution in [0.5, 0.6) is 0 Å². The Morgan fingerprint density at radius 1 is 1.36 bits per heavy atom. The fourth-order valence-electron chi connectivity index (χ4n) is 2.53. The highest BCUT2D eigenvalue weighted by Crippen LogP contribution is 2.24. The number of carbonyl (C=O) groups is 2. The van der Waals surface area contributed by atoms with Gasteiger partial charge in [-0.25, -0.2) is 0 Å². The highest BCUT2D eigenvalue weighted by Gasteiger charge is 2.29. The van der Waals surface area contributed by atoms with Crippen molar-refractivity contribution in [2.24, 2.45) is 5.92 Å². The SMILES string of the molecule is CC(C)N(Cc1ccc(Cl)c(Cl)c1)C(=O)[C@H]1CCC(=O)NC1. The van der Waals surface area contributed by atoms with E-state index >= 15 is 0 Å². The smallest absolute Gasteiger partial charge is 0.228 e. The maximum atomic E-state index is 12.7. The fourth-order valence-corrected chi connectivity index (χ4v) is 2.85. The first kappa shape index (κ1) is 17.1. The predicted octanol–water partition coefficient (Wildman–Crippen LogP) is 3.26. The van der Waals surface area contributed by atoms with Gasteiger partial charge in [0.2, 0.25) is 11.8 Å². The third kappa shape index (κ3) is 4.14. The van der Waals surface area contributed by atoms with Crippen LogP contribution in [-0.2, 0) is 16.1 Å². The van der Waals surface area contributed by atoms with Gasteiger partial charge in [0.1, 0.15) is 0 Å². The van der Waals surface area contributed by atoms with E-state index in [2.05, 4.69) is 5.32 Å². The summed E-state index contributed by atoms with van der Waals surface area (Å²) in [6, 6.07) is 5.47. The van der Waals surface area contributed by atoms with Crippen molar-refractivity contribution in [3.8, 4) is 0 Å². The molecule has 6 heteroatoms. The molecule has 1 aliphatic heterocycles. The number of hydrogen-bond donors (Lipinski definition) is 1. The summed E-state index contributed by atoms with van der Waals surface area (Å²) in [4.78, 5) is 25.8. The van der Waals surface area contributed by atoms with Crippen molar-refractivity contribution in [3.63, 3.8) is 0 Å². The van der Waals surface area contributed by atoms with Gasteiger partial charge in [0.05, 0.1) is 16.0 Å². The summed E-state index contributed by atoms with van der Waals surface area (Å²) in [5.74, 6) is -0.0615. The molecule has 0 bridgehead atoms. The first-order chi connectivity index (χ1) is 10.4. The quantitative estimate of drug-likeness (QED) is 0.912. The number of rotatable bonds is 4. The Morgan fingerprint density at radius 2 is 2.09 bits per heavy atom. The van der Waals surface area contributed by atoms with Crippen LogP contribution in [0.3, 0.4) is 0 Å². The molecule has 1 saturated heterocycles. The average Bonchev–Trinajstić information content (AvgIpc) is 2.48. The molecule has 1 aliphatic rings. The van der Waals surface area contributed by atoms with Crippen LogP contribution in [0.15, 0.2) is 18.2 Å². The van der Waals surface area contributed by atoms with E-state index in [-0.39, 0.29) is 23.8 Å². The highest BCUT2D eigenvalue weighted by molar-refractivity contribution is 6.42. The Balaban J connectivity index is 2.10. The molecule has 2 rings (SSSR count). The lowest BCUT2D eigenvalue weighted by atomic mass is 9.96. The number of halogens is 2. The van der Waals surface area contributed by atoms with E-state index in [0.29, 0.717) is 36.0 Å². The minimum atomic E-state index is -0.150. The molecule has 0 radical (unpaired) electrons. The first-order valence-corrected chi connectivity index (χ1v) is 8.15. The van der Waals surface area contributed by atoms with Crippen molar-refractivity contribution < 1.29 is 9.59 Å². The summed E-state index contributed by atoms with van der Waals surface area (Å²) in [5, 5.41) is 3.75. The van der Waals surface area contributed by atoms with Crippen molar-refractivity contribution in [2.45, 2.75) is 39.3 Å². The summed E-state index contributed by atoms with van der Waals surface area (Å²) in [5.41, 5.74) is 0.941. The van der Waals surface area contributed by atoms with Crippen LogP contribution in [0.2, 0.25) is 10.0 Å². The summed E-state index contributed by atoms with van der Waals surface area (Å²) < 4.78 is 0. The van der Waals surface area contributed by atoms with Gasteiger partial charge in [0.15, 0.2) is 0 Å². The van der Waals surface area contributed by atoms with Gasteiger partial charge in [0, 0.05) is 25.6 Å². The van der Waals surface area contributed by atoms with Crippen LogP contribution >= 0.6 is 23.2 Å². The van der Waals surface area contributed by atoms with Crippen LogP contribution in [0.4, 0.5) is 0 Å². The Kier molecular flexibility index (Phi) is 5.70. The summed E-state index contributed by atoms with van der Waals surface area (Å²) in [6.07, 6.45) is 1.02. The lowest BCUT2D eigenvalue weighted by molar-refractivity contribution is -0.139. The number of nitrogens with one attached hydrogen (secondary N) is 1. The summed E-state index contributed by atoms with van der Waals surface area (Å²) >= 11 is 12.0. The molecular weight excluding hydrogens is 323 g/mol. The number of hydrogen-bond acceptors (Lipinski definition) is 2. The monoisotopic (exact) mass is 342 g/mol. The zero-order chi connectivity index (χ0) is 16.3. The van der Waals surface area contributed by atoms with Gasteiger partial charge in [-0.3, -0.25) is 9.59 Å². The second-order valence-electron chi connectivity index (χ2n) is 5.85. The van der Waals surface area contributed by atoms with Gasteiger partial charge in [-0.1, -0.05) is 29.3 Å². The van der Waals surface area contributed by atoms with E-state index in [1.807, 2.05) is 24.8 Å². The molecule has 0 spiro atoms.